The molecule has 0 aliphatic carbocycles. The van der Waals surface area contributed by atoms with E-state index in [2.05, 4.69) is 32.4 Å². The standard InChI is InChI=1S/C25H30N6O4/c1-17-4-9-22-21(14-17)24(25(34)31(22)16-30-12-10-29(3)11-13-30)28-27-23(33)15-35-20-7-5-19(6-8-20)26-18(2)32/h4-9,14,34H,10-13,15-16H2,1-3H3,(H,26,32). The Morgan fingerprint density at radius 2 is 1.80 bits per heavy atom. The minimum atomic E-state index is -0.581. The Morgan fingerprint density at radius 1 is 1.09 bits per heavy atom. The van der Waals surface area contributed by atoms with Crippen molar-refractivity contribution in [2.75, 3.05) is 45.2 Å². The van der Waals surface area contributed by atoms with Crippen LogP contribution in [0.3, 0.4) is 0 Å². The van der Waals surface area contributed by atoms with Gasteiger partial charge in [-0.2, -0.15) is 0 Å². The van der Waals surface area contributed by atoms with Gasteiger partial charge in [0.2, 0.25) is 11.8 Å². The van der Waals surface area contributed by atoms with Crippen molar-refractivity contribution in [1.82, 2.24) is 14.4 Å². The molecule has 2 aromatic carbocycles. The van der Waals surface area contributed by atoms with Crippen LogP contribution in [0.2, 0.25) is 0 Å². The van der Waals surface area contributed by atoms with Crippen molar-refractivity contribution >= 4 is 34.1 Å². The van der Waals surface area contributed by atoms with Crippen LogP contribution in [0.4, 0.5) is 11.4 Å². The molecular formula is C25H30N6O4. The molecule has 0 saturated carbocycles. The molecule has 1 saturated heterocycles. The number of amides is 2. The molecule has 35 heavy (non-hydrogen) atoms. The van der Waals surface area contributed by atoms with Gasteiger partial charge in [-0.25, -0.2) is 0 Å². The van der Waals surface area contributed by atoms with Crippen LogP contribution in [0, 0.1) is 6.92 Å². The van der Waals surface area contributed by atoms with E-state index in [1.165, 1.54) is 6.92 Å². The van der Waals surface area contributed by atoms with Crippen LogP contribution in [0.1, 0.15) is 12.5 Å². The van der Waals surface area contributed by atoms with Crippen LogP contribution in [0.5, 0.6) is 11.6 Å². The molecule has 0 spiro atoms. The third kappa shape index (κ3) is 6.03. The van der Waals surface area contributed by atoms with E-state index in [0.29, 0.717) is 18.1 Å². The highest BCUT2D eigenvalue weighted by molar-refractivity contribution is 5.95. The fourth-order valence-corrected chi connectivity index (χ4v) is 3.99. The second-order valence-electron chi connectivity index (χ2n) is 8.77. The van der Waals surface area contributed by atoms with Gasteiger partial charge < -0.3 is 20.1 Å². The molecule has 1 aliphatic rings. The highest BCUT2D eigenvalue weighted by Gasteiger charge is 2.21. The molecule has 10 nitrogen and oxygen atoms in total. The number of anilines is 1. The number of carbonyl (C=O) groups excluding carboxylic acids is 2. The van der Waals surface area contributed by atoms with E-state index in [4.69, 9.17) is 4.74 Å². The van der Waals surface area contributed by atoms with Gasteiger partial charge in [0.15, 0.2) is 12.3 Å². The Kier molecular flexibility index (Phi) is 7.42. The molecule has 3 aromatic rings. The molecule has 2 heterocycles. The molecule has 0 unspecified atom stereocenters. The lowest BCUT2D eigenvalue weighted by Gasteiger charge is -2.32. The minimum Gasteiger partial charge on any atom is -0.493 e. The van der Waals surface area contributed by atoms with Gasteiger partial charge in [-0.15, -0.1) is 10.2 Å². The van der Waals surface area contributed by atoms with Crippen molar-refractivity contribution in [3.63, 3.8) is 0 Å². The number of hydrogen-bond acceptors (Lipinski definition) is 7. The third-order valence-corrected chi connectivity index (χ3v) is 5.90. The number of ether oxygens (including phenoxy) is 1. The topological polar surface area (TPSA) is 112 Å². The van der Waals surface area contributed by atoms with Gasteiger partial charge in [0, 0.05) is 44.2 Å². The van der Waals surface area contributed by atoms with Gasteiger partial charge >= 0.3 is 5.91 Å². The Morgan fingerprint density at radius 3 is 2.49 bits per heavy atom. The van der Waals surface area contributed by atoms with Crippen LogP contribution >= 0.6 is 0 Å². The zero-order valence-electron chi connectivity index (χ0n) is 20.2. The number of nitrogens with zero attached hydrogens (tertiary/aromatic N) is 5. The van der Waals surface area contributed by atoms with Crippen molar-refractivity contribution in [2.24, 2.45) is 10.2 Å². The maximum absolute atomic E-state index is 12.3. The predicted molar refractivity (Wildman–Crippen MR) is 133 cm³/mol. The molecule has 1 fully saturated rings. The number of azo groups is 1. The molecule has 1 aliphatic heterocycles. The number of carbonyl (C=O) groups is 2. The maximum Gasteiger partial charge on any atom is 0.302 e. The van der Waals surface area contributed by atoms with E-state index >= 15 is 0 Å². The first kappa shape index (κ1) is 24.4. The van der Waals surface area contributed by atoms with Crippen LogP contribution in [0.15, 0.2) is 52.7 Å². The second kappa shape index (κ2) is 10.7. The first-order valence-electron chi connectivity index (χ1n) is 11.5. The summed E-state index contributed by atoms with van der Waals surface area (Å²) in [5.41, 5.74) is 2.76. The molecule has 0 atom stereocenters. The van der Waals surface area contributed by atoms with Crippen molar-refractivity contribution in [1.29, 1.82) is 0 Å². The summed E-state index contributed by atoms with van der Waals surface area (Å²) < 4.78 is 7.28. The van der Waals surface area contributed by atoms with Gasteiger partial charge in [0.05, 0.1) is 12.2 Å². The van der Waals surface area contributed by atoms with Crippen molar-refractivity contribution in [3.8, 4) is 11.6 Å². The fourth-order valence-electron chi connectivity index (χ4n) is 3.99. The number of aromatic nitrogens is 1. The van der Waals surface area contributed by atoms with Crippen LogP contribution in [0.25, 0.3) is 10.9 Å². The summed E-state index contributed by atoms with van der Waals surface area (Å²) in [5, 5.41) is 22.3. The van der Waals surface area contributed by atoms with E-state index in [0.717, 1.165) is 42.6 Å². The van der Waals surface area contributed by atoms with E-state index in [-0.39, 0.29) is 24.1 Å². The van der Waals surface area contributed by atoms with Gasteiger partial charge in [0.25, 0.3) is 0 Å². The highest BCUT2D eigenvalue weighted by Crippen LogP contribution is 2.39. The number of hydrogen-bond donors (Lipinski definition) is 2. The average molecular weight is 479 g/mol. The monoisotopic (exact) mass is 478 g/mol. The number of aromatic hydroxyl groups is 1. The Bertz CT molecular complexity index is 1240. The molecule has 2 N–H and O–H groups in total. The number of piperazine rings is 1. The lowest BCUT2D eigenvalue weighted by Crippen LogP contribution is -2.44. The average Bonchev–Trinajstić information content (AvgIpc) is 3.08. The molecule has 10 heteroatoms. The van der Waals surface area contributed by atoms with Crippen LogP contribution < -0.4 is 10.1 Å². The molecule has 0 bridgehead atoms. The van der Waals surface area contributed by atoms with E-state index in [1.807, 2.05) is 29.7 Å². The van der Waals surface area contributed by atoms with Crippen LogP contribution in [-0.4, -0.2) is 71.1 Å². The summed E-state index contributed by atoms with van der Waals surface area (Å²) in [4.78, 5) is 28.0. The van der Waals surface area contributed by atoms with Gasteiger partial charge in [-0.05, 0) is 50.4 Å². The number of nitrogens with one attached hydrogen (secondary N) is 1. The van der Waals surface area contributed by atoms with Gasteiger partial charge in [0.1, 0.15) is 5.75 Å². The highest BCUT2D eigenvalue weighted by atomic mass is 16.5. The van der Waals surface area contributed by atoms with E-state index < -0.39 is 5.91 Å². The number of aryl methyl sites for hydroxylation is 1. The van der Waals surface area contributed by atoms with Gasteiger partial charge in [-0.3, -0.25) is 19.1 Å². The molecule has 2 amide bonds. The first-order chi connectivity index (χ1) is 16.8. The summed E-state index contributed by atoms with van der Waals surface area (Å²) in [5.74, 6) is -0.305. The van der Waals surface area contributed by atoms with Crippen LogP contribution in [-0.2, 0) is 16.3 Å². The zero-order valence-corrected chi connectivity index (χ0v) is 20.2. The smallest absolute Gasteiger partial charge is 0.302 e. The first-order valence-corrected chi connectivity index (χ1v) is 11.5. The predicted octanol–water partition coefficient (Wildman–Crippen LogP) is 3.51. The van der Waals surface area contributed by atoms with E-state index in [9.17, 15) is 14.7 Å². The number of benzene rings is 2. The Balaban J connectivity index is 1.47. The second-order valence-corrected chi connectivity index (χ2v) is 8.77. The molecular weight excluding hydrogens is 448 g/mol. The summed E-state index contributed by atoms with van der Waals surface area (Å²) in [6.07, 6.45) is 0. The summed E-state index contributed by atoms with van der Waals surface area (Å²) in [6.45, 7) is 7.36. The Labute approximate surface area is 203 Å². The van der Waals surface area contributed by atoms with Crippen molar-refractivity contribution in [2.45, 2.75) is 20.5 Å². The van der Waals surface area contributed by atoms with Crippen molar-refractivity contribution in [3.05, 3.63) is 48.0 Å². The lowest BCUT2D eigenvalue weighted by molar-refractivity contribution is -0.120. The summed E-state index contributed by atoms with van der Waals surface area (Å²) in [6, 6.07) is 12.5. The van der Waals surface area contributed by atoms with E-state index in [1.54, 1.807) is 24.3 Å². The summed E-state index contributed by atoms with van der Waals surface area (Å²) in [7, 11) is 2.10. The Hall–Kier alpha value is -3.76. The fraction of sp³-hybridized carbons (Fsp3) is 0.360. The largest absolute Gasteiger partial charge is 0.493 e. The molecule has 0 radical (unpaired) electrons. The molecule has 184 valence electrons. The molecule has 4 rings (SSSR count). The maximum atomic E-state index is 12.3. The molecule has 1 aromatic heterocycles. The number of fused-ring (bicyclic) bond motifs is 1. The third-order valence-electron chi connectivity index (χ3n) is 5.90. The zero-order chi connectivity index (χ0) is 24.9. The number of rotatable bonds is 7. The normalized spacial score (nSPS) is 15.1. The van der Waals surface area contributed by atoms with Crippen molar-refractivity contribution < 1.29 is 19.4 Å². The quantitative estimate of drug-likeness (QED) is 0.503. The lowest BCUT2D eigenvalue weighted by atomic mass is 10.1. The van der Waals surface area contributed by atoms with Gasteiger partial charge in [-0.1, -0.05) is 11.6 Å². The minimum absolute atomic E-state index is 0.0180. The summed E-state index contributed by atoms with van der Waals surface area (Å²) >= 11 is 0. The number of likely N-dealkylation sites (N-methyl/N-ethyl adjacent to an activating group) is 1. The SMILES string of the molecule is CC(=O)Nc1ccc(OCC(=O)N=Nc2c(O)n(CN3CCN(C)CC3)c3ccc(C)cc23)cc1.